The molecule has 2 aromatic carbocycles. The van der Waals surface area contributed by atoms with Crippen LogP contribution in [0, 0.1) is 23.1 Å². The third kappa shape index (κ3) is 7.92. The Morgan fingerprint density at radius 2 is 1.73 bits per heavy atom. The Kier molecular flexibility index (Phi) is 12.5. The fourth-order valence-electron chi connectivity index (χ4n) is 9.25. The van der Waals surface area contributed by atoms with E-state index in [9.17, 15) is 4.39 Å². The van der Waals surface area contributed by atoms with Crippen LogP contribution in [0.3, 0.4) is 0 Å². The highest BCUT2D eigenvalue weighted by Gasteiger charge is 2.42. The molecule has 5 heterocycles. The van der Waals surface area contributed by atoms with Crippen LogP contribution in [0.5, 0.6) is 17.6 Å². The molecule has 0 spiro atoms. The fourth-order valence-corrected chi connectivity index (χ4v) is 14.5. The van der Waals surface area contributed by atoms with Gasteiger partial charge in [-0.05, 0) is 66.7 Å². The van der Waals surface area contributed by atoms with Crippen LogP contribution in [0.4, 0.5) is 24.8 Å². The van der Waals surface area contributed by atoms with E-state index in [1.807, 2.05) is 29.8 Å². The minimum Gasteiger partial charge on any atom is -0.475 e. The molecule has 2 aliphatic heterocycles. The lowest BCUT2D eigenvalue weighted by molar-refractivity contribution is 0.0512. The van der Waals surface area contributed by atoms with Crippen molar-refractivity contribution in [2.24, 2.45) is 0 Å². The molecular formula is C45H54F3N7O4Si. The number of nitrogens with two attached hydrogens (primary N) is 1. The number of pyridine rings is 2. The molecule has 0 bridgehead atoms. The standard InChI is InChI=1S/C45H54F3N7O4Si/c1-25(2)60(26(3)4,27(5)6)18-14-34-36(47)13-12-29-19-32(59-24-56-9)21-35(37(29)34)40-39(48)41-38-43(53-45(52-41)58-23-31-20-30(46)22-54(31)8)55(16-17-57-44(38)51-40)28(7)33-11-10-15-50-42(33)49/h10-13,15,19,21,25-28,30-31H,16-17,20,22-24H2,1-9H3,(H2,49,50)/t28?,30-,31+/m1/s1. The second-order valence-electron chi connectivity index (χ2n) is 16.8. The Bertz CT molecular complexity index is 2440. The van der Waals surface area contributed by atoms with Gasteiger partial charge in [-0.25, -0.2) is 23.1 Å². The third-order valence-corrected chi connectivity index (χ3v) is 18.6. The molecule has 1 saturated heterocycles. The van der Waals surface area contributed by atoms with E-state index in [2.05, 4.69) is 63.0 Å². The Balaban J connectivity index is 1.50. The van der Waals surface area contributed by atoms with Crippen LogP contribution in [-0.2, 0) is 4.74 Å². The summed E-state index contributed by atoms with van der Waals surface area (Å²) in [6.07, 6.45) is 0.908. The molecule has 2 N–H and O–H groups in total. The number of nitrogen functional groups attached to an aromatic ring is 1. The lowest BCUT2D eigenvalue weighted by atomic mass is 9.95. The Morgan fingerprint density at radius 1 is 0.983 bits per heavy atom. The molecule has 11 nitrogen and oxygen atoms in total. The number of halogens is 3. The number of methoxy groups -OCH3 is 1. The first-order chi connectivity index (χ1) is 28.7. The van der Waals surface area contributed by atoms with Gasteiger partial charge in [0.25, 0.3) is 0 Å². The highest BCUT2D eigenvalue weighted by Crippen LogP contribution is 2.45. The predicted octanol–water partition coefficient (Wildman–Crippen LogP) is 9.03. The van der Waals surface area contributed by atoms with Gasteiger partial charge in [0.2, 0.25) is 5.88 Å². The number of rotatable bonds is 12. The van der Waals surface area contributed by atoms with Gasteiger partial charge in [0.05, 0.1) is 18.2 Å². The molecule has 0 saturated carbocycles. The summed E-state index contributed by atoms with van der Waals surface area (Å²) in [6.45, 7) is 15.8. The number of alkyl halides is 1. The van der Waals surface area contributed by atoms with Gasteiger partial charge in [-0.3, -0.25) is 4.90 Å². The second kappa shape index (κ2) is 17.4. The number of aromatic nitrogens is 4. The van der Waals surface area contributed by atoms with Gasteiger partial charge in [-0.1, -0.05) is 59.6 Å². The molecular weight excluding hydrogens is 788 g/mol. The maximum atomic E-state index is 17.8. The molecule has 2 aliphatic rings. The highest BCUT2D eigenvalue weighted by atomic mass is 28.3. The first kappa shape index (κ1) is 42.9. The van der Waals surface area contributed by atoms with Crippen molar-refractivity contribution in [2.45, 2.75) is 89.8 Å². The van der Waals surface area contributed by atoms with E-state index >= 15 is 8.78 Å². The van der Waals surface area contributed by atoms with Crippen molar-refractivity contribution < 1.29 is 32.1 Å². The summed E-state index contributed by atoms with van der Waals surface area (Å²) in [5.41, 5.74) is 11.7. The minimum absolute atomic E-state index is 0.0780. The van der Waals surface area contributed by atoms with Crippen molar-refractivity contribution in [3.8, 4) is 40.4 Å². The molecule has 5 aromatic rings. The lowest BCUT2D eigenvalue weighted by Crippen LogP contribution is -2.43. The number of hydrogen-bond acceptors (Lipinski definition) is 11. The van der Waals surface area contributed by atoms with Gasteiger partial charge in [0, 0.05) is 42.4 Å². The van der Waals surface area contributed by atoms with Crippen molar-refractivity contribution in [3.63, 3.8) is 0 Å². The van der Waals surface area contributed by atoms with Gasteiger partial charge < -0.3 is 29.6 Å². The maximum absolute atomic E-state index is 17.8. The Labute approximate surface area is 350 Å². The molecule has 15 heteroatoms. The minimum atomic E-state index is -2.34. The zero-order valence-electron chi connectivity index (χ0n) is 35.8. The van der Waals surface area contributed by atoms with Crippen LogP contribution in [0.2, 0.25) is 16.6 Å². The first-order valence-electron chi connectivity index (χ1n) is 20.6. The second-order valence-corrected chi connectivity index (χ2v) is 22.3. The van der Waals surface area contributed by atoms with E-state index in [1.165, 1.54) is 13.2 Å². The summed E-state index contributed by atoms with van der Waals surface area (Å²) >= 11 is 0. The van der Waals surface area contributed by atoms with Crippen molar-refractivity contribution in [3.05, 3.63) is 65.4 Å². The lowest BCUT2D eigenvalue weighted by Gasteiger charge is -2.38. The van der Waals surface area contributed by atoms with Gasteiger partial charge in [-0.15, -0.1) is 5.54 Å². The van der Waals surface area contributed by atoms with Crippen molar-refractivity contribution in [1.29, 1.82) is 0 Å². The monoisotopic (exact) mass is 841 g/mol. The summed E-state index contributed by atoms with van der Waals surface area (Å²) in [5.74, 6) is 3.05. The average molecular weight is 842 g/mol. The molecule has 0 radical (unpaired) electrons. The molecule has 0 aliphatic carbocycles. The number of nitrogens with zero attached hydrogens (tertiary/aromatic N) is 6. The molecule has 0 amide bonds. The van der Waals surface area contributed by atoms with Gasteiger partial charge in [-0.2, -0.15) is 9.97 Å². The number of anilines is 2. The number of likely N-dealkylation sites (tertiary alicyclic amines) is 1. The zero-order valence-corrected chi connectivity index (χ0v) is 36.8. The number of ether oxygens (including phenoxy) is 4. The van der Waals surface area contributed by atoms with Crippen molar-refractivity contribution in [1.82, 2.24) is 24.8 Å². The van der Waals surface area contributed by atoms with Gasteiger partial charge >= 0.3 is 6.01 Å². The molecule has 60 heavy (non-hydrogen) atoms. The van der Waals surface area contributed by atoms with Gasteiger partial charge in [0.1, 0.15) is 67.3 Å². The molecule has 1 unspecified atom stereocenters. The average Bonchev–Trinajstić information content (AvgIpc) is 3.42. The summed E-state index contributed by atoms with van der Waals surface area (Å²) < 4.78 is 72.2. The quantitative estimate of drug-likeness (QED) is 0.0736. The maximum Gasteiger partial charge on any atom is 0.319 e. The first-order valence-corrected chi connectivity index (χ1v) is 22.8. The van der Waals surface area contributed by atoms with Crippen LogP contribution < -0.4 is 24.8 Å². The Hall–Kier alpha value is -5.17. The van der Waals surface area contributed by atoms with Crippen LogP contribution in [-0.4, -0.2) is 92.4 Å². The summed E-state index contributed by atoms with van der Waals surface area (Å²) in [5, 5.41) is 1.16. The normalized spacial score (nSPS) is 17.6. The molecule has 318 valence electrons. The fraction of sp³-hybridized carbons (Fsp3) is 0.467. The number of likely N-dealkylation sites (N-methyl/N-ethyl adjacent to an activating group) is 1. The van der Waals surface area contributed by atoms with Crippen molar-refractivity contribution in [2.75, 3.05) is 57.9 Å². The van der Waals surface area contributed by atoms with Crippen LogP contribution in [0.15, 0.2) is 42.6 Å². The van der Waals surface area contributed by atoms with Crippen LogP contribution in [0.1, 0.15) is 72.1 Å². The van der Waals surface area contributed by atoms with Crippen LogP contribution in [0.25, 0.3) is 32.9 Å². The molecule has 1 fully saturated rings. The number of benzene rings is 2. The highest BCUT2D eigenvalue weighted by molar-refractivity contribution is 6.90. The van der Waals surface area contributed by atoms with Crippen molar-refractivity contribution >= 4 is 41.4 Å². The number of fused-ring (bicyclic) bond motifs is 1. The van der Waals surface area contributed by atoms with E-state index in [0.29, 0.717) is 51.3 Å². The summed E-state index contributed by atoms with van der Waals surface area (Å²) in [7, 11) is 0.993. The summed E-state index contributed by atoms with van der Waals surface area (Å²) in [6, 6.07) is 9.31. The predicted molar refractivity (Wildman–Crippen MR) is 232 cm³/mol. The zero-order chi connectivity index (χ0) is 43.0. The Morgan fingerprint density at radius 3 is 2.40 bits per heavy atom. The van der Waals surface area contributed by atoms with E-state index in [1.54, 1.807) is 30.5 Å². The molecule has 7 rings (SSSR count). The SMILES string of the molecule is COCOc1cc(-c2nc3c4c(nc(OC[C@@H]5C[C@@H](F)CN5C)nc4c2F)N(C(C)c2cccnc2N)CCO3)c2c(C#C[Si](C(C)C)(C(C)C)C(C)C)c(F)ccc2c1. The number of hydrogen-bond donors (Lipinski definition) is 1. The largest absolute Gasteiger partial charge is 0.475 e. The molecule has 3 atom stereocenters. The van der Waals surface area contributed by atoms with E-state index in [-0.39, 0.29) is 78.6 Å². The molecule has 3 aromatic heterocycles. The van der Waals surface area contributed by atoms with E-state index in [4.69, 9.17) is 34.6 Å². The third-order valence-electron chi connectivity index (χ3n) is 12.3. The van der Waals surface area contributed by atoms with Gasteiger partial charge in [0.15, 0.2) is 12.6 Å². The van der Waals surface area contributed by atoms with E-state index in [0.717, 1.165) is 5.56 Å². The smallest absolute Gasteiger partial charge is 0.319 e. The summed E-state index contributed by atoms with van der Waals surface area (Å²) in [4.78, 5) is 22.5. The van der Waals surface area contributed by atoms with E-state index < -0.39 is 31.9 Å². The topological polar surface area (TPSA) is 121 Å². The van der Waals surface area contributed by atoms with Crippen LogP contribution >= 0.6 is 0 Å².